The lowest BCUT2D eigenvalue weighted by Gasteiger charge is -2.27. The van der Waals surface area contributed by atoms with Crippen LogP contribution in [0.4, 0.5) is 11.4 Å². The zero-order chi connectivity index (χ0) is 19.4. The van der Waals surface area contributed by atoms with Crippen LogP contribution in [0.3, 0.4) is 0 Å². The van der Waals surface area contributed by atoms with E-state index in [4.69, 9.17) is 0 Å². The Balaban J connectivity index is 1.57. The van der Waals surface area contributed by atoms with Crippen LogP contribution >= 0.6 is 0 Å². The smallest absolute Gasteiger partial charge is 0.255 e. The van der Waals surface area contributed by atoms with Crippen molar-refractivity contribution in [1.82, 2.24) is 15.1 Å². The quantitative estimate of drug-likeness (QED) is 0.750. The number of rotatable bonds is 8. The third-order valence-electron chi connectivity index (χ3n) is 4.56. The summed E-state index contributed by atoms with van der Waals surface area (Å²) < 4.78 is 1.53. The Bertz CT molecular complexity index is 793. The number of benzene rings is 1. The fraction of sp³-hybridized carbons (Fsp3) is 0.450. The number of anilines is 2. The standard InChI is InChI=1S/C20H27N5O2/c1-4-25(14(2)3)18-9-5-15(6-10-18)20(27)23-17-11-21-24(12-17)13-19(26)22-16-7-8-16/h5-6,9-12,14,16H,4,7-8,13H2,1-3H3,(H,22,26)(H,23,27). The molecule has 1 aromatic carbocycles. The zero-order valence-electron chi connectivity index (χ0n) is 16.1. The van der Waals surface area contributed by atoms with Crippen molar-refractivity contribution in [2.24, 2.45) is 0 Å². The maximum absolute atomic E-state index is 12.4. The molecule has 2 N–H and O–H groups in total. The number of amides is 2. The van der Waals surface area contributed by atoms with E-state index < -0.39 is 0 Å². The van der Waals surface area contributed by atoms with Gasteiger partial charge in [0.1, 0.15) is 6.54 Å². The van der Waals surface area contributed by atoms with Gasteiger partial charge in [-0.05, 0) is 57.9 Å². The van der Waals surface area contributed by atoms with Crippen LogP contribution < -0.4 is 15.5 Å². The molecule has 27 heavy (non-hydrogen) atoms. The minimum Gasteiger partial charge on any atom is -0.369 e. The molecule has 0 bridgehead atoms. The highest BCUT2D eigenvalue weighted by atomic mass is 16.2. The van der Waals surface area contributed by atoms with E-state index in [1.807, 2.05) is 24.3 Å². The minimum atomic E-state index is -0.198. The van der Waals surface area contributed by atoms with Gasteiger partial charge in [0.25, 0.3) is 5.91 Å². The third-order valence-corrected chi connectivity index (χ3v) is 4.56. The highest BCUT2D eigenvalue weighted by molar-refractivity contribution is 6.04. The molecule has 1 saturated carbocycles. The average Bonchev–Trinajstić information content (AvgIpc) is 3.33. The van der Waals surface area contributed by atoms with Crippen molar-refractivity contribution in [1.29, 1.82) is 0 Å². The summed E-state index contributed by atoms with van der Waals surface area (Å²) in [6.45, 7) is 7.47. The Morgan fingerprint density at radius 3 is 2.56 bits per heavy atom. The summed E-state index contributed by atoms with van der Waals surface area (Å²) >= 11 is 0. The van der Waals surface area contributed by atoms with Crippen molar-refractivity contribution in [2.45, 2.75) is 52.2 Å². The summed E-state index contributed by atoms with van der Waals surface area (Å²) in [6.07, 6.45) is 5.32. The van der Waals surface area contributed by atoms with Crippen molar-refractivity contribution in [3.05, 3.63) is 42.2 Å². The molecule has 144 valence electrons. The fourth-order valence-corrected chi connectivity index (χ4v) is 3.02. The van der Waals surface area contributed by atoms with Gasteiger partial charge in [-0.3, -0.25) is 14.3 Å². The lowest BCUT2D eigenvalue weighted by atomic mass is 10.1. The molecule has 3 rings (SSSR count). The topological polar surface area (TPSA) is 79.3 Å². The molecular formula is C20H27N5O2. The highest BCUT2D eigenvalue weighted by Crippen LogP contribution is 2.19. The van der Waals surface area contributed by atoms with E-state index in [1.165, 1.54) is 4.68 Å². The number of nitrogens with zero attached hydrogens (tertiary/aromatic N) is 3. The van der Waals surface area contributed by atoms with Crippen molar-refractivity contribution in [2.75, 3.05) is 16.8 Å². The second kappa shape index (κ2) is 8.24. The van der Waals surface area contributed by atoms with Crippen LogP contribution in [0.2, 0.25) is 0 Å². The second-order valence-electron chi connectivity index (χ2n) is 7.15. The van der Waals surface area contributed by atoms with Gasteiger partial charge < -0.3 is 15.5 Å². The van der Waals surface area contributed by atoms with Crippen LogP contribution in [0.15, 0.2) is 36.7 Å². The molecule has 0 saturated heterocycles. The number of hydrogen-bond acceptors (Lipinski definition) is 4. The molecule has 1 aromatic heterocycles. The Labute approximate surface area is 159 Å². The lowest BCUT2D eigenvalue weighted by molar-refractivity contribution is -0.122. The van der Waals surface area contributed by atoms with E-state index in [1.54, 1.807) is 12.4 Å². The van der Waals surface area contributed by atoms with E-state index in [0.29, 0.717) is 23.3 Å². The molecule has 7 heteroatoms. The Hall–Kier alpha value is -2.83. The molecule has 7 nitrogen and oxygen atoms in total. The van der Waals surface area contributed by atoms with Crippen molar-refractivity contribution in [3.8, 4) is 0 Å². The van der Waals surface area contributed by atoms with Gasteiger partial charge in [-0.25, -0.2) is 0 Å². The summed E-state index contributed by atoms with van der Waals surface area (Å²) in [5.74, 6) is -0.254. The largest absolute Gasteiger partial charge is 0.369 e. The summed E-state index contributed by atoms with van der Waals surface area (Å²) in [7, 11) is 0. The van der Waals surface area contributed by atoms with Crippen LogP contribution in [0.25, 0.3) is 0 Å². The number of carbonyl (C=O) groups excluding carboxylic acids is 2. The van der Waals surface area contributed by atoms with Gasteiger partial charge in [-0.15, -0.1) is 0 Å². The molecule has 0 unspecified atom stereocenters. The van der Waals surface area contributed by atoms with Gasteiger partial charge in [-0.1, -0.05) is 0 Å². The van der Waals surface area contributed by atoms with Gasteiger partial charge in [-0.2, -0.15) is 5.10 Å². The molecule has 1 fully saturated rings. The van der Waals surface area contributed by atoms with Gasteiger partial charge in [0.15, 0.2) is 0 Å². The zero-order valence-corrected chi connectivity index (χ0v) is 16.1. The van der Waals surface area contributed by atoms with Crippen molar-refractivity contribution >= 4 is 23.2 Å². The first-order chi connectivity index (χ1) is 13.0. The van der Waals surface area contributed by atoms with Crippen LogP contribution in [0, 0.1) is 0 Å². The molecule has 0 radical (unpaired) electrons. The van der Waals surface area contributed by atoms with Crippen molar-refractivity contribution < 1.29 is 9.59 Å². The first kappa shape index (κ1) is 18.9. The summed E-state index contributed by atoms with van der Waals surface area (Å²) in [5.41, 5.74) is 2.25. The third kappa shape index (κ3) is 5.09. The van der Waals surface area contributed by atoms with Gasteiger partial charge in [0.2, 0.25) is 5.91 Å². The lowest BCUT2D eigenvalue weighted by Crippen LogP contribution is -2.30. The predicted molar refractivity (Wildman–Crippen MR) is 106 cm³/mol. The second-order valence-corrected chi connectivity index (χ2v) is 7.15. The Morgan fingerprint density at radius 1 is 1.26 bits per heavy atom. The normalized spacial score (nSPS) is 13.5. The van der Waals surface area contributed by atoms with E-state index in [9.17, 15) is 9.59 Å². The number of carbonyl (C=O) groups is 2. The van der Waals surface area contributed by atoms with Crippen LogP contribution in [0.5, 0.6) is 0 Å². The van der Waals surface area contributed by atoms with Crippen LogP contribution in [-0.4, -0.2) is 40.2 Å². The van der Waals surface area contributed by atoms with Gasteiger partial charge in [0, 0.05) is 36.1 Å². The minimum absolute atomic E-state index is 0.0558. The predicted octanol–water partition coefficient (Wildman–Crippen LogP) is 2.65. The molecule has 0 atom stereocenters. The molecule has 0 aliphatic heterocycles. The maximum atomic E-state index is 12.4. The fourth-order valence-electron chi connectivity index (χ4n) is 3.02. The average molecular weight is 369 g/mol. The van der Waals surface area contributed by atoms with Crippen LogP contribution in [0.1, 0.15) is 44.0 Å². The highest BCUT2D eigenvalue weighted by Gasteiger charge is 2.23. The number of hydrogen-bond donors (Lipinski definition) is 2. The van der Waals surface area contributed by atoms with Crippen molar-refractivity contribution in [3.63, 3.8) is 0 Å². The van der Waals surface area contributed by atoms with E-state index >= 15 is 0 Å². The monoisotopic (exact) mass is 369 g/mol. The summed E-state index contributed by atoms with van der Waals surface area (Å²) in [4.78, 5) is 26.5. The molecule has 1 aliphatic carbocycles. The summed E-state index contributed by atoms with van der Waals surface area (Å²) in [6, 6.07) is 8.30. The first-order valence-electron chi connectivity index (χ1n) is 9.46. The number of nitrogens with one attached hydrogen (secondary N) is 2. The molecular weight excluding hydrogens is 342 g/mol. The van der Waals surface area contributed by atoms with Gasteiger partial charge in [0.05, 0.1) is 11.9 Å². The molecule has 0 spiro atoms. The summed E-state index contributed by atoms with van der Waals surface area (Å²) in [5, 5.41) is 9.87. The Morgan fingerprint density at radius 2 is 1.96 bits per heavy atom. The number of aromatic nitrogens is 2. The van der Waals surface area contributed by atoms with E-state index in [2.05, 4.69) is 41.4 Å². The van der Waals surface area contributed by atoms with E-state index in [0.717, 1.165) is 25.1 Å². The van der Waals surface area contributed by atoms with Crippen LogP contribution in [-0.2, 0) is 11.3 Å². The maximum Gasteiger partial charge on any atom is 0.255 e. The van der Waals surface area contributed by atoms with Gasteiger partial charge >= 0.3 is 0 Å². The molecule has 1 aliphatic rings. The SMILES string of the molecule is CCN(c1ccc(C(=O)Nc2cnn(CC(=O)NC3CC3)c2)cc1)C(C)C. The molecule has 1 heterocycles. The molecule has 2 amide bonds. The molecule has 2 aromatic rings. The Kier molecular flexibility index (Phi) is 5.78. The first-order valence-corrected chi connectivity index (χ1v) is 9.46. The van der Waals surface area contributed by atoms with E-state index in [-0.39, 0.29) is 18.4 Å².